The molecule has 0 bridgehead atoms. The average Bonchev–Trinajstić information content (AvgIpc) is 2.55. The van der Waals surface area contributed by atoms with E-state index in [2.05, 4.69) is 35.6 Å². The van der Waals surface area contributed by atoms with Gasteiger partial charge in [0, 0.05) is 12.6 Å². The van der Waals surface area contributed by atoms with Gasteiger partial charge in [0.05, 0.1) is 0 Å². The van der Waals surface area contributed by atoms with Gasteiger partial charge >= 0.3 is 0 Å². The van der Waals surface area contributed by atoms with E-state index >= 15 is 0 Å². The summed E-state index contributed by atoms with van der Waals surface area (Å²) in [6.07, 6.45) is 5.09. The minimum atomic E-state index is -0.168. The lowest BCUT2D eigenvalue weighted by Crippen LogP contribution is -2.36. The van der Waals surface area contributed by atoms with Crippen LogP contribution in [-0.4, -0.2) is 6.04 Å². The highest BCUT2D eigenvalue weighted by Gasteiger charge is 2.25. The van der Waals surface area contributed by atoms with Gasteiger partial charge < -0.3 is 5.32 Å². The zero-order chi connectivity index (χ0) is 14.5. The molecular formula is C19H22FN. The van der Waals surface area contributed by atoms with E-state index in [1.165, 1.54) is 43.4 Å². The monoisotopic (exact) mass is 283 g/mol. The predicted octanol–water partition coefficient (Wildman–Crippen LogP) is 4.64. The van der Waals surface area contributed by atoms with Gasteiger partial charge in [-0.1, -0.05) is 55.3 Å². The van der Waals surface area contributed by atoms with Crippen LogP contribution in [0, 0.1) is 5.82 Å². The fourth-order valence-corrected chi connectivity index (χ4v) is 3.33. The van der Waals surface area contributed by atoms with E-state index < -0.39 is 0 Å². The van der Waals surface area contributed by atoms with Crippen LogP contribution < -0.4 is 5.32 Å². The second kappa shape index (κ2) is 6.86. The van der Waals surface area contributed by atoms with E-state index in [1.54, 1.807) is 0 Å². The van der Waals surface area contributed by atoms with Crippen LogP contribution in [-0.2, 0) is 6.54 Å². The maximum absolute atomic E-state index is 12.9. The normalized spacial score (nSPS) is 22.1. The molecule has 1 aliphatic rings. The van der Waals surface area contributed by atoms with Crippen molar-refractivity contribution in [2.24, 2.45) is 0 Å². The maximum Gasteiger partial charge on any atom is 0.123 e. The zero-order valence-corrected chi connectivity index (χ0v) is 12.3. The van der Waals surface area contributed by atoms with Crippen molar-refractivity contribution in [3.63, 3.8) is 0 Å². The van der Waals surface area contributed by atoms with Crippen molar-refractivity contribution >= 4 is 0 Å². The van der Waals surface area contributed by atoms with Crippen LogP contribution in [0.4, 0.5) is 4.39 Å². The van der Waals surface area contributed by atoms with E-state index in [4.69, 9.17) is 0 Å². The molecule has 0 heterocycles. The van der Waals surface area contributed by atoms with E-state index in [1.807, 2.05) is 12.1 Å². The first-order chi connectivity index (χ1) is 10.3. The van der Waals surface area contributed by atoms with E-state index in [-0.39, 0.29) is 5.82 Å². The molecule has 0 aliphatic heterocycles. The summed E-state index contributed by atoms with van der Waals surface area (Å²) < 4.78 is 12.9. The second-order valence-corrected chi connectivity index (χ2v) is 5.92. The summed E-state index contributed by atoms with van der Waals surface area (Å²) in [6.45, 7) is 0.814. The topological polar surface area (TPSA) is 12.0 Å². The Labute approximate surface area is 126 Å². The molecule has 2 aromatic carbocycles. The molecule has 2 atom stereocenters. The number of halogens is 1. The fourth-order valence-electron chi connectivity index (χ4n) is 3.33. The quantitative estimate of drug-likeness (QED) is 0.861. The largest absolute Gasteiger partial charge is 0.309 e. The van der Waals surface area contributed by atoms with E-state index in [0.717, 1.165) is 12.1 Å². The first-order valence-corrected chi connectivity index (χ1v) is 7.86. The lowest BCUT2D eigenvalue weighted by molar-refractivity contribution is 0.326. The van der Waals surface area contributed by atoms with Gasteiger partial charge in [0.1, 0.15) is 5.82 Å². The highest BCUT2D eigenvalue weighted by atomic mass is 19.1. The molecule has 1 saturated carbocycles. The molecule has 2 heteroatoms. The number of hydrogen-bond acceptors (Lipinski definition) is 1. The predicted molar refractivity (Wildman–Crippen MR) is 84.7 cm³/mol. The maximum atomic E-state index is 12.9. The van der Waals surface area contributed by atoms with Gasteiger partial charge in [-0.2, -0.15) is 0 Å². The summed E-state index contributed by atoms with van der Waals surface area (Å²) in [5.74, 6) is 0.430. The zero-order valence-electron chi connectivity index (χ0n) is 12.3. The van der Waals surface area contributed by atoms with Crippen molar-refractivity contribution in [1.82, 2.24) is 5.32 Å². The third-order valence-corrected chi connectivity index (χ3v) is 4.48. The molecule has 2 aromatic rings. The molecule has 0 aromatic heterocycles. The fraction of sp³-hybridized carbons (Fsp3) is 0.368. The molecule has 0 saturated heterocycles. The Balaban J connectivity index is 1.66. The molecule has 1 N–H and O–H groups in total. The standard InChI is InChI=1S/C19H22FN/c20-17-12-10-15(11-13-17)14-21-19-9-5-4-8-18(19)16-6-2-1-3-7-16/h1-3,6-7,10-13,18-19,21H,4-5,8-9,14H2. The van der Waals surface area contributed by atoms with Crippen LogP contribution in [0.5, 0.6) is 0 Å². The Morgan fingerprint density at radius 1 is 0.905 bits per heavy atom. The second-order valence-electron chi connectivity index (χ2n) is 5.92. The Bertz CT molecular complexity index is 550. The summed E-state index contributed by atoms with van der Waals surface area (Å²) in [4.78, 5) is 0. The minimum Gasteiger partial charge on any atom is -0.309 e. The molecule has 21 heavy (non-hydrogen) atoms. The van der Waals surface area contributed by atoms with Crippen LogP contribution in [0.2, 0.25) is 0 Å². The molecule has 1 fully saturated rings. The lowest BCUT2D eigenvalue weighted by Gasteiger charge is -2.33. The Morgan fingerprint density at radius 3 is 2.38 bits per heavy atom. The first-order valence-electron chi connectivity index (χ1n) is 7.86. The number of rotatable bonds is 4. The van der Waals surface area contributed by atoms with Gasteiger partial charge in [-0.3, -0.25) is 0 Å². The van der Waals surface area contributed by atoms with E-state index in [9.17, 15) is 4.39 Å². The molecular weight excluding hydrogens is 261 g/mol. The SMILES string of the molecule is Fc1ccc(CNC2CCCCC2c2ccccc2)cc1. The highest BCUT2D eigenvalue weighted by molar-refractivity contribution is 5.22. The summed E-state index contributed by atoms with van der Waals surface area (Å²) >= 11 is 0. The summed E-state index contributed by atoms with van der Waals surface area (Å²) in [7, 11) is 0. The third-order valence-electron chi connectivity index (χ3n) is 4.48. The lowest BCUT2D eigenvalue weighted by atomic mass is 9.80. The molecule has 1 nitrogen and oxygen atoms in total. The molecule has 0 radical (unpaired) electrons. The summed E-state index contributed by atoms with van der Waals surface area (Å²) in [6, 6.07) is 18.1. The molecule has 2 unspecified atom stereocenters. The van der Waals surface area contributed by atoms with Crippen molar-refractivity contribution in [1.29, 1.82) is 0 Å². The Hall–Kier alpha value is -1.67. The third kappa shape index (κ3) is 3.70. The first kappa shape index (κ1) is 14.3. The van der Waals surface area contributed by atoms with Crippen molar-refractivity contribution < 1.29 is 4.39 Å². The van der Waals surface area contributed by atoms with Crippen molar-refractivity contribution in [3.8, 4) is 0 Å². The number of hydrogen-bond donors (Lipinski definition) is 1. The molecule has 0 spiro atoms. The summed E-state index contributed by atoms with van der Waals surface area (Å²) in [5.41, 5.74) is 2.59. The molecule has 1 aliphatic carbocycles. The molecule has 110 valence electrons. The van der Waals surface area contributed by atoms with Crippen LogP contribution in [0.1, 0.15) is 42.7 Å². The van der Waals surface area contributed by atoms with Gasteiger partial charge in [0.2, 0.25) is 0 Å². The van der Waals surface area contributed by atoms with Gasteiger partial charge in [-0.15, -0.1) is 0 Å². The number of benzene rings is 2. The van der Waals surface area contributed by atoms with Crippen LogP contribution in [0.3, 0.4) is 0 Å². The minimum absolute atomic E-state index is 0.168. The van der Waals surface area contributed by atoms with Crippen LogP contribution in [0.15, 0.2) is 54.6 Å². The van der Waals surface area contributed by atoms with Gasteiger partial charge in [-0.05, 0) is 42.0 Å². The average molecular weight is 283 g/mol. The molecule has 0 amide bonds. The Kier molecular flexibility index (Phi) is 4.66. The van der Waals surface area contributed by atoms with Gasteiger partial charge in [-0.25, -0.2) is 4.39 Å². The van der Waals surface area contributed by atoms with Gasteiger partial charge in [0.15, 0.2) is 0 Å². The van der Waals surface area contributed by atoms with Crippen molar-refractivity contribution in [2.45, 2.75) is 44.2 Å². The Morgan fingerprint density at radius 2 is 1.62 bits per heavy atom. The van der Waals surface area contributed by atoms with Gasteiger partial charge in [0.25, 0.3) is 0 Å². The smallest absolute Gasteiger partial charge is 0.123 e. The van der Waals surface area contributed by atoms with E-state index in [0.29, 0.717) is 12.0 Å². The highest BCUT2D eigenvalue weighted by Crippen LogP contribution is 2.33. The number of nitrogens with one attached hydrogen (secondary N) is 1. The summed E-state index contributed by atoms with van der Waals surface area (Å²) in [5, 5.41) is 3.68. The molecule has 3 rings (SSSR count). The van der Waals surface area contributed by atoms with Crippen LogP contribution in [0.25, 0.3) is 0 Å². The van der Waals surface area contributed by atoms with Crippen molar-refractivity contribution in [2.75, 3.05) is 0 Å². The van der Waals surface area contributed by atoms with Crippen LogP contribution >= 0.6 is 0 Å². The van der Waals surface area contributed by atoms with Crippen molar-refractivity contribution in [3.05, 3.63) is 71.5 Å².